The van der Waals surface area contributed by atoms with Crippen LogP contribution in [-0.4, -0.2) is 29.5 Å². The largest absolute Gasteiger partial charge is 0.311 e. The summed E-state index contributed by atoms with van der Waals surface area (Å²) in [4.78, 5) is 7.11. The van der Waals surface area contributed by atoms with Crippen LogP contribution in [0.3, 0.4) is 0 Å². The van der Waals surface area contributed by atoms with Gasteiger partial charge in [-0.05, 0) is 19.9 Å². The normalized spacial score (nSPS) is 17.2. The smallest absolute Gasteiger partial charge is 0.107 e. The number of thiazole rings is 1. The molecule has 0 aromatic carbocycles. The third kappa shape index (κ3) is 3.91. The lowest BCUT2D eigenvalue weighted by Gasteiger charge is -2.24. The molecule has 1 aromatic heterocycles. The first-order valence-corrected chi connectivity index (χ1v) is 7.18. The Kier molecular flexibility index (Phi) is 4.71. The van der Waals surface area contributed by atoms with E-state index in [0.29, 0.717) is 0 Å². The average molecular weight is 251 g/mol. The molecule has 2 rings (SSSR count). The number of hydrogen-bond acceptors (Lipinski definition) is 4. The van der Waals surface area contributed by atoms with Gasteiger partial charge in [0.25, 0.3) is 0 Å². The van der Waals surface area contributed by atoms with E-state index < -0.39 is 0 Å². The number of nitrogens with one attached hydrogen (secondary N) is 1. The molecule has 0 unspecified atom stereocenters. The van der Waals surface area contributed by atoms with Gasteiger partial charge in [-0.1, -0.05) is 18.6 Å². The fourth-order valence-electron chi connectivity index (χ4n) is 1.92. The number of aromatic nitrogens is 1. The van der Waals surface area contributed by atoms with E-state index in [1.807, 2.05) is 0 Å². The molecule has 3 nitrogen and oxygen atoms in total. The van der Waals surface area contributed by atoms with Crippen molar-refractivity contribution < 1.29 is 0 Å². The Bertz CT molecular complexity index is 384. The first-order valence-electron chi connectivity index (χ1n) is 6.30. The predicted octanol–water partition coefficient (Wildman–Crippen LogP) is 2.40. The van der Waals surface area contributed by atoms with Crippen LogP contribution in [0.5, 0.6) is 0 Å². The van der Waals surface area contributed by atoms with E-state index in [1.165, 1.54) is 29.2 Å². The van der Waals surface area contributed by atoms with Gasteiger partial charge in [-0.2, -0.15) is 0 Å². The Hall–Kier alpha value is -0.710. The van der Waals surface area contributed by atoms with Crippen molar-refractivity contribution in [1.82, 2.24) is 15.2 Å². The lowest BCUT2D eigenvalue weighted by Crippen LogP contribution is -2.28. The van der Waals surface area contributed by atoms with Crippen molar-refractivity contribution in [1.29, 1.82) is 0 Å². The van der Waals surface area contributed by atoms with Crippen LogP contribution in [-0.2, 0) is 13.1 Å². The van der Waals surface area contributed by atoms with Gasteiger partial charge in [0.15, 0.2) is 0 Å². The van der Waals surface area contributed by atoms with E-state index in [1.54, 1.807) is 11.3 Å². The van der Waals surface area contributed by atoms with Crippen molar-refractivity contribution in [3.05, 3.63) is 27.7 Å². The molecule has 0 saturated carbocycles. The quantitative estimate of drug-likeness (QED) is 0.815. The molecule has 0 bridgehead atoms. The summed E-state index contributed by atoms with van der Waals surface area (Å²) in [5.41, 5.74) is 2.74. The lowest BCUT2D eigenvalue weighted by atomic mass is 10.1. The summed E-state index contributed by atoms with van der Waals surface area (Å²) in [7, 11) is 0. The predicted molar refractivity (Wildman–Crippen MR) is 73.1 cm³/mol. The standard InChI is InChI=1S/C13H21N3S/c1-3-14-8-13-15-12(10-17-13)9-16-6-4-11(2)5-7-16/h4,10,14H,3,5-9H2,1-2H3. The zero-order valence-electron chi connectivity index (χ0n) is 10.7. The Morgan fingerprint density at radius 2 is 2.41 bits per heavy atom. The second-order valence-electron chi connectivity index (χ2n) is 4.55. The van der Waals surface area contributed by atoms with Gasteiger partial charge < -0.3 is 5.32 Å². The Balaban J connectivity index is 1.84. The van der Waals surface area contributed by atoms with Crippen molar-refractivity contribution in [2.45, 2.75) is 33.4 Å². The monoisotopic (exact) mass is 251 g/mol. The summed E-state index contributed by atoms with van der Waals surface area (Å²) in [6, 6.07) is 0. The average Bonchev–Trinajstić information content (AvgIpc) is 2.77. The van der Waals surface area contributed by atoms with Gasteiger partial charge in [-0.15, -0.1) is 11.3 Å². The summed E-state index contributed by atoms with van der Waals surface area (Å²) in [6.45, 7) is 9.48. The molecule has 1 aliphatic rings. The molecule has 0 spiro atoms. The van der Waals surface area contributed by atoms with Crippen molar-refractivity contribution in [2.24, 2.45) is 0 Å². The minimum Gasteiger partial charge on any atom is -0.311 e. The molecule has 1 aliphatic heterocycles. The van der Waals surface area contributed by atoms with Crippen LogP contribution >= 0.6 is 11.3 Å². The molecule has 0 saturated heterocycles. The molecule has 2 heterocycles. The SMILES string of the molecule is CCNCc1nc(CN2CC=C(C)CC2)cs1. The molecule has 0 radical (unpaired) electrons. The highest BCUT2D eigenvalue weighted by atomic mass is 32.1. The summed E-state index contributed by atoms with van der Waals surface area (Å²) < 4.78 is 0. The molecule has 0 atom stereocenters. The zero-order chi connectivity index (χ0) is 12.1. The molecule has 4 heteroatoms. The summed E-state index contributed by atoms with van der Waals surface area (Å²) in [5, 5.41) is 6.70. The van der Waals surface area contributed by atoms with Crippen molar-refractivity contribution in [3.63, 3.8) is 0 Å². The van der Waals surface area contributed by atoms with E-state index in [9.17, 15) is 0 Å². The topological polar surface area (TPSA) is 28.2 Å². The third-order valence-corrected chi connectivity index (χ3v) is 3.93. The molecule has 0 amide bonds. The summed E-state index contributed by atoms with van der Waals surface area (Å²) in [5.74, 6) is 0. The van der Waals surface area contributed by atoms with Crippen LogP contribution in [0.15, 0.2) is 17.0 Å². The third-order valence-electron chi connectivity index (χ3n) is 3.03. The maximum Gasteiger partial charge on any atom is 0.107 e. The van der Waals surface area contributed by atoms with Crippen LogP contribution in [0.25, 0.3) is 0 Å². The molecule has 0 aliphatic carbocycles. The van der Waals surface area contributed by atoms with Crippen molar-refractivity contribution in [2.75, 3.05) is 19.6 Å². The van der Waals surface area contributed by atoms with Gasteiger partial charge in [-0.25, -0.2) is 4.98 Å². The molecule has 1 aromatic rings. The van der Waals surface area contributed by atoms with Gasteiger partial charge in [0, 0.05) is 31.6 Å². The van der Waals surface area contributed by atoms with E-state index >= 15 is 0 Å². The van der Waals surface area contributed by atoms with Crippen LogP contribution in [0.4, 0.5) is 0 Å². The number of hydrogen-bond donors (Lipinski definition) is 1. The lowest BCUT2D eigenvalue weighted by molar-refractivity contribution is 0.283. The molecule has 1 N–H and O–H groups in total. The molecular weight excluding hydrogens is 230 g/mol. The fourth-order valence-corrected chi connectivity index (χ4v) is 2.67. The van der Waals surface area contributed by atoms with Crippen LogP contribution < -0.4 is 5.32 Å². The highest BCUT2D eigenvalue weighted by Crippen LogP contribution is 2.15. The highest BCUT2D eigenvalue weighted by molar-refractivity contribution is 7.09. The van der Waals surface area contributed by atoms with Crippen LogP contribution in [0.2, 0.25) is 0 Å². The van der Waals surface area contributed by atoms with E-state index in [4.69, 9.17) is 0 Å². The maximum atomic E-state index is 4.65. The van der Waals surface area contributed by atoms with Gasteiger partial charge in [-0.3, -0.25) is 4.90 Å². The van der Waals surface area contributed by atoms with E-state index in [2.05, 4.69) is 40.5 Å². The minimum atomic E-state index is 0.903. The second kappa shape index (κ2) is 6.28. The first-order chi connectivity index (χ1) is 8.28. The van der Waals surface area contributed by atoms with Crippen LogP contribution in [0.1, 0.15) is 31.0 Å². The summed E-state index contributed by atoms with van der Waals surface area (Å²) >= 11 is 1.76. The summed E-state index contributed by atoms with van der Waals surface area (Å²) in [6.07, 6.45) is 3.53. The van der Waals surface area contributed by atoms with E-state index in [-0.39, 0.29) is 0 Å². The van der Waals surface area contributed by atoms with Gasteiger partial charge in [0.2, 0.25) is 0 Å². The maximum absolute atomic E-state index is 4.65. The van der Waals surface area contributed by atoms with Gasteiger partial charge >= 0.3 is 0 Å². The molecule has 0 fully saturated rings. The van der Waals surface area contributed by atoms with Gasteiger partial charge in [0.05, 0.1) is 5.69 Å². The minimum absolute atomic E-state index is 0.903. The van der Waals surface area contributed by atoms with Crippen LogP contribution in [0, 0.1) is 0 Å². The number of nitrogens with zero attached hydrogens (tertiary/aromatic N) is 2. The fraction of sp³-hybridized carbons (Fsp3) is 0.615. The first kappa shape index (κ1) is 12.7. The Morgan fingerprint density at radius 3 is 3.12 bits per heavy atom. The zero-order valence-corrected chi connectivity index (χ0v) is 11.5. The molecule has 17 heavy (non-hydrogen) atoms. The highest BCUT2D eigenvalue weighted by Gasteiger charge is 2.11. The Morgan fingerprint density at radius 1 is 1.53 bits per heavy atom. The van der Waals surface area contributed by atoms with Crippen molar-refractivity contribution >= 4 is 11.3 Å². The molecule has 94 valence electrons. The molecular formula is C13H21N3S. The van der Waals surface area contributed by atoms with E-state index in [0.717, 1.165) is 26.2 Å². The van der Waals surface area contributed by atoms with Crippen molar-refractivity contribution in [3.8, 4) is 0 Å². The Labute approximate surface area is 108 Å². The number of rotatable bonds is 5. The van der Waals surface area contributed by atoms with Gasteiger partial charge in [0.1, 0.15) is 5.01 Å². The second-order valence-corrected chi connectivity index (χ2v) is 5.49.